The van der Waals surface area contributed by atoms with E-state index in [1.807, 2.05) is 36.1 Å². The largest absolute Gasteiger partial charge is 0.266 e. The summed E-state index contributed by atoms with van der Waals surface area (Å²) in [5.74, 6) is 0. The van der Waals surface area contributed by atoms with Crippen molar-refractivity contribution in [3.05, 3.63) is 212 Å². The average molecular weight is 1530 g/mol. The lowest BCUT2D eigenvalue weighted by molar-refractivity contribution is 0.437. The zero-order valence-corrected chi connectivity index (χ0v) is 79.5. The van der Waals surface area contributed by atoms with Gasteiger partial charge in [-0.15, -0.1) is 11.3 Å². The molecule has 0 bridgehead atoms. The smallest absolute Gasteiger partial charge is 0.0992 e. The molecule has 4 aromatic carbocycles. The van der Waals surface area contributed by atoms with Gasteiger partial charge in [-0.25, -0.2) is 9.97 Å². The fourth-order valence-corrected chi connectivity index (χ4v) is 12.2. The Labute approximate surface area is 682 Å². The monoisotopic (exact) mass is 1530 g/mol. The highest BCUT2D eigenvalue weighted by atomic mass is 32.1. The van der Waals surface area contributed by atoms with E-state index in [2.05, 4.69) is 438 Å². The van der Waals surface area contributed by atoms with Gasteiger partial charge in [0.05, 0.1) is 54.6 Å². The molecule has 10 heteroatoms. The maximum Gasteiger partial charge on any atom is 0.0992 e. The summed E-state index contributed by atoms with van der Waals surface area (Å²) in [5, 5.41) is 7.22. The molecule has 10 aromatic rings. The van der Waals surface area contributed by atoms with E-state index < -0.39 is 0 Å². The van der Waals surface area contributed by atoms with Crippen LogP contribution in [-0.2, 0) is 75.8 Å². The Bertz CT molecular complexity index is 4090. The quantitative estimate of drug-likeness (QED) is 0.160. The average Bonchev–Trinajstić information content (AvgIpc) is 1.77. The van der Waals surface area contributed by atoms with Gasteiger partial charge >= 0.3 is 0 Å². The fraction of sp³-hybridized carbons (Fsp3) is 0.584. The Morgan fingerprint density at radius 1 is 0.243 bits per heavy atom. The summed E-state index contributed by atoms with van der Waals surface area (Å²) in [5.41, 5.74) is 22.5. The van der Waals surface area contributed by atoms with E-state index in [1.165, 1.54) is 59.9 Å². The van der Waals surface area contributed by atoms with Crippen LogP contribution >= 0.6 is 11.3 Å². The first-order valence-corrected chi connectivity index (χ1v) is 41.6. The summed E-state index contributed by atoms with van der Waals surface area (Å²) < 4.78 is 3.47. The van der Waals surface area contributed by atoms with Crippen molar-refractivity contribution in [3.63, 3.8) is 0 Å². The Balaban J connectivity index is 0.000000274. The minimum absolute atomic E-state index is 0.0455. The lowest BCUT2D eigenvalue weighted by atomic mass is 9.82. The Morgan fingerprint density at radius 2 is 0.586 bits per heavy atom. The van der Waals surface area contributed by atoms with Gasteiger partial charge in [0.1, 0.15) is 0 Å². The number of nitrogens with zero attached hydrogens (tertiary/aromatic N) is 9. The fourth-order valence-electron chi connectivity index (χ4n) is 11.1. The Hall–Kier alpha value is -7.04. The van der Waals surface area contributed by atoms with Crippen molar-refractivity contribution in [3.8, 4) is 0 Å². The molecular formula is C101H155N9S. The van der Waals surface area contributed by atoms with Gasteiger partial charge in [0.25, 0.3) is 0 Å². The van der Waals surface area contributed by atoms with Crippen LogP contribution in [0.15, 0.2) is 134 Å². The van der Waals surface area contributed by atoms with Gasteiger partial charge in [-0.3, -0.25) is 29.6 Å². The minimum atomic E-state index is 0.0455. The van der Waals surface area contributed by atoms with Crippen LogP contribution in [0.3, 0.4) is 0 Å². The second-order valence-corrected chi connectivity index (χ2v) is 46.5. The highest BCUT2D eigenvalue weighted by molar-refractivity contribution is 7.18. The van der Waals surface area contributed by atoms with Crippen LogP contribution in [0.5, 0.6) is 0 Å². The molecule has 0 saturated carbocycles. The molecule has 610 valence electrons. The van der Waals surface area contributed by atoms with Crippen molar-refractivity contribution < 1.29 is 0 Å². The zero-order chi connectivity index (χ0) is 85.6. The molecule has 9 nitrogen and oxygen atoms in total. The molecule has 0 amide bonds. The molecule has 0 N–H and O–H groups in total. The summed E-state index contributed by atoms with van der Waals surface area (Å²) in [4.78, 5) is 32.2. The van der Waals surface area contributed by atoms with Crippen LogP contribution in [0.25, 0.3) is 32.2 Å². The van der Waals surface area contributed by atoms with Gasteiger partial charge in [-0.1, -0.05) is 345 Å². The van der Waals surface area contributed by atoms with E-state index in [0.717, 1.165) is 50.5 Å². The number of aromatic nitrogens is 9. The van der Waals surface area contributed by atoms with Crippen molar-refractivity contribution in [2.75, 3.05) is 0 Å². The number of hydrogen-bond donors (Lipinski definition) is 0. The van der Waals surface area contributed by atoms with Crippen molar-refractivity contribution >= 4 is 43.5 Å². The summed E-state index contributed by atoms with van der Waals surface area (Å²) in [6.45, 7) is 97.2. The number of thiazole rings is 1. The van der Waals surface area contributed by atoms with Crippen molar-refractivity contribution in [2.45, 2.75) is 386 Å². The normalized spacial score (nSPS) is 13.1. The highest BCUT2D eigenvalue weighted by Gasteiger charge is 2.29. The lowest BCUT2D eigenvalue weighted by Gasteiger charge is -2.23. The molecule has 6 heterocycles. The van der Waals surface area contributed by atoms with Crippen molar-refractivity contribution in [1.82, 2.24) is 44.7 Å². The number of fused-ring (bicyclic) bond motifs is 3. The van der Waals surface area contributed by atoms with Gasteiger partial charge in [-0.2, -0.15) is 5.10 Å². The molecule has 0 aliphatic carbocycles. The van der Waals surface area contributed by atoms with E-state index in [9.17, 15) is 0 Å². The van der Waals surface area contributed by atoms with Gasteiger partial charge < -0.3 is 0 Å². The standard InChI is InChI=1S/C17H23N.C16H22N2.C15H21NS.C14H26N2.C14H22.C13H21N.C12H20N2/c1-16(2,3)13-8-9-14-12(11-13)7-10-15(18-14)17(4,5)6;1-15(2,3)11-7-8-12-13(9-11)17-10-14(18-12)16(4,5)6;1-14(2,3)10-7-8-11-12(9-10)17-13(16-11)15(4,5)6;1-10(2)16-12(14(6,7)8)9-11(15-16)13(3,4)5;1-13(2,3)11-7-9-12(10-8-11)14(4,5)6;1-12(2,3)10-7-8-11(14-9-10)13(4,5)6;1-11(2,3)9-7-14-10(8-13-9)12(4,5)6/h7-11H,1-6H3;7-10H,1-6H3;7-9H,1-6H3;9-10H,1-8H3;7-10H,1-6H3;7-9H,1-6H3;7-8H,1-6H3. The van der Waals surface area contributed by atoms with Gasteiger partial charge in [0.15, 0.2) is 0 Å². The SMILES string of the molecule is CC(C)(C)c1ccc(C(C)(C)C)cc1.CC(C)(C)c1ccc(C(C)(C)C)nc1.CC(C)(C)c1ccc2nc(C(C)(C)C)ccc2c1.CC(C)(C)c1ccc2nc(C(C)(C)C)cnc2c1.CC(C)(C)c1ccc2nc(C(C)(C)C)sc2c1.CC(C)(C)c1cnc(C(C)(C)C)cn1.CC(C)n1nc(C(C)(C)C)cc1C(C)(C)C. The first kappa shape index (κ1) is 96.3. The van der Waals surface area contributed by atoms with Gasteiger partial charge in [0.2, 0.25) is 0 Å². The molecular weight excluding hydrogens is 1370 g/mol. The van der Waals surface area contributed by atoms with Gasteiger partial charge in [-0.05, 0) is 134 Å². The zero-order valence-electron chi connectivity index (χ0n) is 78.7. The molecule has 0 saturated heterocycles. The molecule has 10 rings (SSSR count). The molecule has 0 radical (unpaired) electrons. The minimum Gasteiger partial charge on any atom is -0.266 e. The second kappa shape index (κ2) is 35.4. The molecule has 0 spiro atoms. The predicted octanol–water partition coefficient (Wildman–Crippen LogP) is 29.0. The first-order chi connectivity index (χ1) is 49.7. The van der Waals surface area contributed by atoms with Crippen molar-refractivity contribution in [2.24, 2.45) is 0 Å². The molecule has 0 aliphatic rings. The van der Waals surface area contributed by atoms with Crippen LogP contribution in [0.1, 0.15) is 389 Å². The Morgan fingerprint density at radius 3 is 0.937 bits per heavy atom. The third kappa shape index (κ3) is 29.7. The molecule has 0 unspecified atom stereocenters. The van der Waals surface area contributed by atoms with Crippen LogP contribution in [0.2, 0.25) is 0 Å². The maximum atomic E-state index is 4.77. The van der Waals surface area contributed by atoms with Crippen LogP contribution < -0.4 is 0 Å². The third-order valence-electron chi connectivity index (χ3n) is 19.4. The molecule has 111 heavy (non-hydrogen) atoms. The summed E-state index contributed by atoms with van der Waals surface area (Å²) in [6, 6.07) is 40.0. The third-order valence-corrected chi connectivity index (χ3v) is 20.8. The maximum absolute atomic E-state index is 4.77. The summed E-state index contributed by atoms with van der Waals surface area (Å²) in [6.07, 6.45) is 7.68. The second-order valence-electron chi connectivity index (χ2n) is 45.5. The summed E-state index contributed by atoms with van der Waals surface area (Å²) >= 11 is 1.82. The highest BCUT2D eigenvalue weighted by Crippen LogP contribution is 2.37. The van der Waals surface area contributed by atoms with E-state index in [4.69, 9.17) is 20.1 Å². The Kier molecular flexibility index (Phi) is 30.7. The van der Waals surface area contributed by atoms with E-state index in [1.54, 1.807) is 0 Å². The molecule has 0 aliphatic heterocycles. The van der Waals surface area contributed by atoms with E-state index in [-0.39, 0.29) is 75.8 Å². The number of hydrogen-bond acceptors (Lipinski definition) is 9. The van der Waals surface area contributed by atoms with E-state index >= 15 is 0 Å². The summed E-state index contributed by atoms with van der Waals surface area (Å²) in [7, 11) is 0. The number of pyridine rings is 2. The van der Waals surface area contributed by atoms with Crippen LogP contribution in [-0.4, -0.2) is 44.7 Å². The number of benzene rings is 4. The number of rotatable bonds is 1. The van der Waals surface area contributed by atoms with Crippen LogP contribution in [0, 0.1) is 0 Å². The van der Waals surface area contributed by atoms with Gasteiger partial charge in [0, 0.05) is 96.6 Å². The predicted molar refractivity (Wildman–Crippen MR) is 488 cm³/mol. The molecule has 6 aromatic heterocycles. The van der Waals surface area contributed by atoms with E-state index in [0.29, 0.717) is 6.04 Å². The topological polar surface area (TPSA) is 108 Å². The molecule has 0 fully saturated rings. The first-order valence-electron chi connectivity index (χ1n) is 40.8. The molecule has 0 atom stereocenters. The van der Waals surface area contributed by atoms with Crippen LogP contribution in [0.4, 0.5) is 0 Å². The lowest BCUT2D eigenvalue weighted by Crippen LogP contribution is -2.19. The van der Waals surface area contributed by atoms with Crippen molar-refractivity contribution in [1.29, 1.82) is 0 Å².